The predicted molar refractivity (Wildman–Crippen MR) is 105 cm³/mol. The van der Waals surface area contributed by atoms with E-state index in [9.17, 15) is 10.1 Å². The summed E-state index contributed by atoms with van der Waals surface area (Å²) in [4.78, 5) is 12.0. The van der Waals surface area contributed by atoms with E-state index in [0.29, 0.717) is 29.4 Å². The van der Waals surface area contributed by atoms with Crippen LogP contribution in [0.3, 0.4) is 0 Å². The average Bonchev–Trinajstić information content (AvgIpc) is 2.74. The third-order valence-corrected chi connectivity index (χ3v) is 4.40. The Bertz CT molecular complexity index is 937. The summed E-state index contributed by atoms with van der Waals surface area (Å²) in [6.07, 6.45) is 1.83. The molecule has 0 bridgehead atoms. The lowest BCUT2D eigenvalue weighted by Gasteiger charge is -2.25. The van der Waals surface area contributed by atoms with Crippen LogP contribution in [0.4, 0.5) is 0 Å². The van der Waals surface area contributed by atoms with Gasteiger partial charge in [0.25, 0.3) is 0 Å². The Hall–Kier alpha value is -3.52. The van der Waals surface area contributed by atoms with Crippen LogP contribution >= 0.6 is 0 Å². The molecular formula is C23H21NO4. The number of hydrogen-bond acceptors (Lipinski definition) is 5. The van der Waals surface area contributed by atoms with Crippen molar-refractivity contribution < 1.29 is 19.0 Å². The maximum Gasteiger partial charge on any atom is 0.313 e. The summed E-state index contributed by atoms with van der Waals surface area (Å²) in [7, 11) is 1.59. The lowest BCUT2D eigenvalue weighted by atomic mass is 9.87. The highest BCUT2D eigenvalue weighted by atomic mass is 16.5. The third-order valence-electron chi connectivity index (χ3n) is 4.40. The molecule has 28 heavy (non-hydrogen) atoms. The van der Waals surface area contributed by atoms with E-state index in [4.69, 9.17) is 14.2 Å². The van der Waals surface area contributed by atoms with E-state index < -0.39 is 0 Å². The van der Waals surface area contributed by atoms with Gasteiger partial charge in [-0.05, 0) is 42.8 Å². The van der Waals surface area contributed by atoms with Gasteiger partial charge in [-0.25, -0.2) is 0 Å². The summed E-state index contributed by atoms with van der Waals surface area (Å²) < 4.78 is 16.3. The molecular weight excluding hydrogens is 354 g/mol. The van der Waals surface area contributed by atoms with Gasteiger partial charge in [0.2, 0.25) is 0 Å². The van der Waals surface area contributed by atoms with Crippen LogP contribution in [0.5, 0.6) is 5.75 Å². The second kappa shape index (κ2) is 8.92. The number of rotatable bonds is 6. The number of benzene rings is 2. The van der Waals surface area contributed by atoms with Crippen molar-refractivity contribution in [2.24, 2.45) is 0 Å². The number of allylic oxidation sites excluding steroid dienone is 2. The van der Waals surface area contributed by atoms with Gasteiger partial charge in [-0.3, -0.25) is 4.79 Å². The molecule has 1 aliphatic heterocycles. The first-order chi connectivity index (χ1) is 13.7. The molecule has 1 aliphatic rings. The molecule has 0 saturated carbocycles. The molecule has 1 heterocycles. The minimum Gasteiger partial charge on any atom is -0.497 e. The molecule has 5 heteroatoms. The fourth-order valence-corrected chi connectivity index (χ4v) is 3.08. The van der Waals surface area contributed by atoms with Crippen LogP contribution in [0, 0.1) is 11.3 Å². The monoisotopic (exact) mass is 375 g/mol. The molecule has 2 aromatic rings. The molecule has 0 amide bonds. The van der Waals surface area contributed by atoms with Gasteiger partial charge >= 0.3 is 5.97 Å². The number of ether oxygens (including phenoxy) is 3. The fourth-order valence-electron chi connectivity index (χ4n) is 3.08. The lowest BCUT2D eigenvalue weighted by Crippen LogP contribution is -2.14. The van der Waals surface area contributed by atoms with Crippen LogP contribution in [0.2, 0.25) is 0 Å². The summed E-state index contributed by atoms with van der Waals surface area (Å²) in [6.45, 7) is 2.07. The quantitative estimate of drug-likeness (QED) is 0.691. The van der Waals surface area contributed by atoms with Gasteiger partial charge in [0.05, 0.1) is 25.4 Å². The summed E-state index contributed by atoms with van der Waals surface area (Å²) >= 11 is 0. The highest BCUT2D eigenvalue weighted by molar-refractivity contribution is 5.76. The summed E-state index contributed by atoms with van der Waals surface area (Å²) in [5.41, 5.74) is 2.19. The molecule has 0 aliphatic carbocycles. The Morgan fingerprint density at radius 2 is 1.86 bits per heavy atom. The van der Waals surface area contributed by atoms with E-state index >= 15 is 0 Å². The highest BCUT2D eigenvalue weighted by Gasteiger charge is 2.28. The van der Waals surface area contributed by atoms with E-state index in [0.717, 1.165) is 11.1 Å². The van der Waals surface area contributed by atoms with Gasteiger partial charge in [-0.2, -0.15) is 5.26 Å². The van der Waals surface area contributed by atoms with Gasteiger partial charge in [-0.1, -0.05) is 30.3 Å². The normalized spacial score (nSPS) is 15.9. The molecule has 0 unspecified atom stereocenters. The molecule has 1 atom stereocenters. The highest BCUT2D eigenvalue weighted by Crippen LogP contribution is 2.39. The van der Waals surface area contributed by atoms with Crippen LogP contribution in [-0.2, 0) is 14.3 Å². The van der Waals surface area contributed by atoms with Crippen LogP contribution in [-0.4, -0.2) is 19.7 Å². The maximum atomic E-state index is 12.0. The average molecular weight is 375 g/mol. The van der Waals surface area contributed by atoms with E-state index in [-0.39, 0.29) is 18.3 Å². The lowest BCUT2D eigenvalue weighted by molar-refractivity contribution is -0.142. The summed E-state index contributed by atoms with van der Waals surface area (Å²) in [6, 6.07) is 19.3. The van der Waals surface area contributed by atoms with Crippen molar-refractivity contribution >= 4 is 11.7 Å². The number of nitrogens with zero attached hydrogens (tertiary/aromatic N) is 1. The Morgan fingerprint density at radius 1 is 1.14 bits per heavy atom. The molecule has 142 valence electrons. The number of carbonyl (C=O) groups excluding carboxylic acids is 1. The van der Waals surface area contributed by atoms with Gasteiger partial charge in [0, 0.05) is 11.5 Å². The first-order valence-corrected chi connectivity index (χ1v) is 9.04. The minimum absolute atomic E-state index is 0.00946. The van der Waals surface area contributed by atoms with E-state index in [2.05, 4.69) is 6.07 Å². The van der Waals surface area contributed by atoms with Crippen LogP contribution in [0.1, 0.15) is 30.4 Å². The number of carbonyl (C=O) groups is 1. The summed E-state index contributed by atoms with van der Waals surface area (Å²) in [5, 5.41) is 9.87. The largest absolute Gasteiger partial charge is 0.497 e. The van der Waals surface area contributed by atoms with Crippen LogP contribution in [0.25, 0.3) is 5.76 Å². The number of methoxy groups -OCH3 is 1. The van der Waals surface area contributed by atoms with E-state index in [1.165, 1.54) is 0 Å². The Kier molecular flexibility index (Phi) is 6.13. The Labute approximate surface area is 164 Å². The van der Waals surface area contributed by atoms with Crippen molar-refractivity contribution in [1.29, 1.82) is 5.26 Å². The molecule has 0 saturated heterocycles. The van der Waals surface area contributed by atoms with Gasteiger partial charge in [0.15, 0.2) is 0 Å². The van der Waals surface area contributed by atoms with Gasteiger partial charge in [-0.15, -0.1) is 0 Å². The first kappa shape index (κ1) is 19.2. The first-order valence-electron chi connectivity index (χ1n) is 9.04. The molecule has 5 nitrogen and oxygen atoms in total. The summed E-state index contributed by atoms with van der Waals surface area (Å²) in [5.74, 6) is 0.954. The SMILES string of the molecule is CCOC(=O)CC1=C[C@H](c2ccccc2)C(C#N)=C(c2ccc(OC)cc2)O1. The predicted octanol–water partition coefficient (Wildman–Crippen LogP) is 4.58. The zero-order valence-corrected chi connectivity index (χ0v) is 15.8. The Balaban J connectivity index is 2.05. The number of esters is 1. The maximum absolute atomic E-state index is 12.0. The van der Waals surface area contributed by atoms with Crippen molar-refractivity contribution in [2.75, 3.05) is 13.7 Å². The van der Waals surface area contributed by atoms with Crippen LogP contribution in [0.15, 0.2) is 72.0 Å². The standard InChI is InChI=1S/C23H21NO4/c1-3-27-22(25)14-19-13-20(16-7-5-4-6-8-16)21(15-24)23(28-19)17-9-11-18(26-2)12-10-17/h4-13,20H,3,14H2,1-2H3/t20-/m1/s1. The van der Waals surface area contributed by atoms with Crippen molar-refractivity contribution in [3.63, 3.8) is 0 Å². The minimum atomic E-state index is -0.366. The van der Waals surface area contributed by atoms with Gasteiger partial charge in [0.1, 0.15) is 23.7 Å². The zero-order valence-electron chi connectivity index (χ0n) is 15.8. The van der Waals surface area contributed by atoms with Crippen molar-refractivity contribution in [1.82, 2.24) is 0 Å². The Morgan fingerprint density at radius 3 is 2.46 bits per heavy atom. The second-order valence-corrected chi connectivity index (χ2v) is 6.19. The number of hydrogen-bond donors (Lipinski definition) is 0. The van der Waals surface area contributed by atoms with E-state index in [1.807, 2.05) is 60.7 Å². The van der Waals surface area contributed by atoms with Crippen molar-refractivity contribution in [3.8, 4) is 11.8 Å². The fraction of sp³-hybridized carbons (Fsp3) is 0.217. The molecule has 2 aromatic carbocycles. The molecule has 0 N–H and O–H groups in total. The topological polar surface area (TPSA) is 68.6 Å². The number of nitriles is 1. The van der Waals surface area contributed by atoms with Crippen LogP contribution < -0.4 is 4.74 Å². The van der Waals surface area contributed by atoms with Crippen molar-refractivity contribution in [3.05, 3.63) is 83.1 Å². The molecule has 3 rings (SSSR count). The van der Waals surface area contributed by atoms with E-state index in [1.54, 1.807) is 14.0 Å². The second-order valence-electron chi connectivity index (χ2n) is 6.19. The molecule has 0 radical (unpaired) electrons. The molecule has 0 spiro atoms. The zero-order chi connectivity index (χ0) is 19.9. The molecule has 0 aromatic heterocycles. The van der Waals surface area contributed by atoms with Crippen molar-refractivity contribution in [2.45, 2.75) is 19.3 Å². The van der Waals surface area contributed by atoms with Gasteiger partial charge < -0.3 is 14.2 Å². The molecule has 0 fully saturated rings. The third kappa shape index (κ3) is 4.24. The smallest absolute Gasteiger partial charge is 0.313 e.